The van der Waals surface area contributed by atoms with E-state index in [1.165, 1.54) is 16.7 Å². The van der Waals surface area contributed by atoms with Crippen molar-refractivity contribution >= 4 is 30.2 Å². The summed E-state index contributed by atoms with van der Waals surface area (Å²) in [6.07, 6.45) is 0. The first-order valence-electron chi connectivity index (χ1n) is 6.51. The first-order chi connectivity index (χ1) is 9.24. The fourth-order valence-electron chi connectivity index (χ4n) is 2.01. The van der Waals surface area contributed by atoms with Crippen LogP contribution in [0.25, 0.3) is 10.9 Å². The number of rotatable bonds is 2. The maximum absolute atomic E-state index is 13.5. The average molecular weight is 273 g/mol. The Hall–Kier alpha value is -1.85. The Morgan fingerprint density at radius 1 is 1.40 bits per heavy atom. The summed E-state index contributed by atoms with van der Waals surface area (Å²) in [5.74, 6) is -0.171. The van der Waals surface area contributed by atoms with E-state index in [1.54, 1.807) is 0 Å². The van der Waals surface area contributed by atoms with Crippen LogP contribution in [0, 0.1) is 5.82 Å². The molecule has 1 aromatic carbocycles. The maximum atomic E-state index is 13.5. The number of nitrogens with one attached hydrogen (secondary N) is 1. The summed E-state index contributed by atoms with van der Waals surface area (Å²) in [6, 6.07) is 2.61. The molecule has 4 nitrogen and oxygen atoms in total. The van der Waals surface area contributed by atoms with Crippen molar-refractivity contribution in [1.29, 1.82) is 0 Å². The Labute approximate surface area is 118 Å². The second kappa shape index (κ2) is 4.92. The van der Waals surface area contributed by atoms with E-state index in [0.717, 1.165) is 0 Å². The minimum absolute atomic E-state index is 0.0974. The Morgan fingerprint density at radius 2 is 2.05 bits per heavy atom. The molecule has 20 heavy (non-hydrogen) atoms. The predicted molar refractivity (Wildman–Crippen MR) is 80.4 cm³/mol. The molecule has 2 rings (SSSR count). The van der Waals surface area contributed by atoms with Gasteiger partial charge in [-0.25, -0.2) is 9.37 Å². The van der Waals surface area contributed by atoms with Crippen LogP contribution in [-0.4, -0.2) is 22.9 Å². The highest BCUT2D eigenvalue weighted by Crippen LogP contribution is 2.15. The van der Waals surface area contributed by atoms with Gasteiger partial charge >= 0.3 is 0 Å². The summed E-state index contributed by atoms with van der Waals surface area (Å²) >= 11 is 0. The van der Waals surface area contributed by atoms with Gasteiger partial charge in [-0.1, -0.05) is 0 Å². The molecule has 1 aromatic heterocycles. The summed E-state index contributed by atoms with van der Waals surface area (Å²) in [4.78, 5) is 16.8. The summed E-state index contributed by atoms with van der Waals surface area (Å²) in [7, 11) is 5.70. The molecule has 0 aliphatic heterocycles. The number of halogens is 1. The zero-order valence-electron chi connectivity index (χ0n) is 12.1. The summed E-state index contributed by atoms with van der Waals surface area (Å²) in [5.41, 5.74) is -0.395. The molecule has 0 unspecified atom stereocenters. The van der Waals surface area contributed by atoms with Gasteiger partial charge in [0.05, 0.1) is 10.9 Å². The van der Waals surface area contributed by atoms with Crippen LogP contribution in [0.4, 0.5) is 10.3 Å². The van der Waals surface area contributed by atoms with Crippen LogP contribution >= 0.6 is 0 Å². The van der Waals surface area contributed by atoms with Crippen LogP contribution in [-0.2, 0) is 6.54 Å². The summed E-state index contributed by atoms with van der Waals surface area (Å²) in [5, 5.41) is 3.48. The lowest BCUT2D eigenvalue weighted by Crippen LogP contribution is -2.33. The lowest BCUT2D eigenvalue weighted by molar-refractivity contribution is 0.604. The number of nitrogens with zero attached hydrogens (tertiary/aromatic N) is 2. The minimum atomic E-state index is -0.569. The molecule has 1 heterocycles. The zero-order chi connectivity index (χ0) is 15.1. The van der Waals surface area contributed by atoms with Crippen molar-refractivity contribution < 1.29 is 4.39 Å². The summed E-state index contributed by atoms with van der Waals surface area (Å²) < 4.78 is 15.1. The smallest absolute Gasteiger partial charge is 0.262 e. The lowest BCUT2D eigenvalue weighted by atomic mass is 9.93. The van der Waals surface area contributed by atoms with E-state index in [-0.39, 0.29) is 22.1 Å². The molecule has 0 aliphatic carbocycles. The monoisotopic (exact) mass is 273 g/mol. The first-order valence-corrected chi connectivity index (χ1v) is 6.51. The highest BCUT2D eigenvalue weighted by Gasteiger charge is 2.17. The Kier molecular flexibility index (Phi) is 3.58. The van der Waals surface area contributed by atoms with Crippen molar-refractivity contribution in [3.05, 3.63) is 28.3 Å². The van der Waals surface area contributed by atoms with Crippen LogP contribution in [0.15, 0.2) is 16.9 Å². The van der Waals surface area contributed by atoms with E-state index in [9.17, 15) is 9.18 Å². The van der Waals surface area contributed by atoms with Crippen LogP contribution in [0.1, 0.15) is 27.7 Å². The molecular weight excluding hydrogens is 256 g/mol. The van der Waals surface area contributed by atoms with Gasteiger partial charge in [0.2, 0.25) is 5.95 Å². The van der Waals surface area contributed by atoms with Crippen molar-refractivity contribution in [2.75, 3.05) is 5.32 Å². The second-order valence-corrected chi connectivity index (χ2v) is 5.72. The number of fused-ring (bicyclic) bond motifs is 1. The number of anilines is 1. The Morgan fingerprint density at radius 3 is 2.60 bits per heavy atom. The largest absolute Gasteiger partial charge is 0.351 e. The quantitative estimate of drug-likeness (QED) is 0.845. The van der Waals surface area contributed by atoms with Crippen molar-refractivity contribution in [3.63, 3.8) is 0 Å². The molecule has 0 atom stereocenters. The third kappa shape index (κ3) is 2.55. The normalized spacial score (nSPS) is 11.8. The van der Waals surface area contributed by atoms with E-state index in [2.05, 4.69) is 10.3 Å². The van der Waals surface area contributed by atoms with Crippen molar-refractivity contribution in [2.45, 2.75) is 39.8 Å². The molecule has 0 saturated carbocycles. The van der Waals surface area contributed by atoms with E-state index >= 15 is 0 Å². The summed E-state index contributed by atoms with van der Waals surface area (Å²) in [6.45, 7) is 8.20. The molecule has 2 radical (unpaired) electrons. The lowest BCUT2D eigenvalue weighted by Gasteiger charge is -2.24. The van der Waals surface area contributed by atoms with Gasteiger partial charge in [-0.3, -0.25) is 9.36 Å². The van der Waals surface area contributed by atoms with Crippen molar-refractivity contribution in [2.24, 2.45) is 0 Å². The molecule has 2 aromatic rings. The third-order valence-corrected chi connectivity index (χ3v) is 2.92. The van der Waals surface area contributed by atoms with Crippen LogP contribution < -0.4 is 16.3 Å². The molecule has 104 valence electrons. The Bertz CT molecular complexity index is 719. The number of hydrogen-bond donors (Lipinski definition) is 1. The highest BCUT2D eigenvalue weighted by molar-refractivity contribution is 6.38. The SMILES string of the molecule is [B]c1c(F)ccc2c(=O)n(CC)c(NC(C)(C)C)nc12. The molecule has 0 amide bonds. The minimum Gasteiger partial charge on any atom is -0.351 e. The standard InChI is InChI=1S/C14H17BFN3O/c1-5-19-12(20)8-6-7-9(16)10(15)11(8)17-13(19)18-14(2,3)4/h6-7H,5H2,1-4H3,(H,17,18). The van der Waals surface area contributed by atoms with Gasteiger partial charge in [-0.05, 0) is 45.3 Å². The van der Waals surface area contributed by atoms with E-state index < -0.39 is 5.82 Å². The van der Waals surface area contributed by atoms with Gasteiger partial charge in [-0.2, -0.15) is 0 Å². The van der Waals surface area contributed by atoms with Gasteiger partial charge in [0.1, 0.15) is 13.7 Å². The van der Waals surface area contributed by atoms with Crippen LogP contribution in [0.5, 0.6) is 0 Å². The third-order valence-electron chi connectivity index (χ3n) is 2.92. The molecule has 0 saturated heterocycles. The number of aromatic nitrogens is 2. The van der Waals surface area contributed by atoms with Crippen molar-refractivity contribution in [1.82, 2.24) is 9.55 Å². The maximum Gasteiger partial charge on any atom is 0.262 e. The Balaban J connectivity index is 2.81. The fourth-order valence-corrected chi connectivity index (χ4v) is 2.01. The first kappa shape index (κ1) is 14.6. The van der Waals surface area contributed by atoms with Crippen LogP contribution in [0.3, 0.4) is 0 Å². The molecule has 0 fully saturated rings. The zero-order valence-corrected chi connectivity index (χ0v) is 12.1. The predicted octanol–water partition coefficient (Wildman–Crippen LogP) is 1.56. The molecule has 0 spiro atoms. The molecule has 0 bridgehead atoms. The molecule has 1 N–H and O–H groups in total. The van der Waals surface area contributed by atoms with Gasteiger partial charge < -0.3 is 5.32 Å². The van der Waals surface area contributed by atoms with Gasteiger partial charge in [0, 0.05) is 12.1 Å². The van der Waals surface area contributed by atoms with E-state index in [0.29, 0.717) is 17.9 Å². The van der Waals surface area contributed by atoms with Crippen LogP contribution in [0.2, 0.25) is 0 Å². The number of benzene rings is 1. The molecule has 0 aliphatic rings. The van der Waals surface area contributed by atoms with Gasteiger partial charge in [-0.15, -0.1) is 0 Å². The highest BCUT2D eigenvalue weighted by atomic mass is 19.1. The van der Waals surface area contributed by atoms with E-state index in [4.69, 9.17) is 7.85 Å². The van der Waals surface area contributed by atoms with Crippen molar-refractivity contribution in [3.8, 4) is 0 Å². The molecule has 6 heteroatoms. The van der Waals surface area contributed by atoms with E-state index in [1.807, 2.05) is 27.7 Å². The fraction of sp³-hybridized carbons (Fsp3) is 0.429. The second-order valence-electron chi connectivity index (χ2n) is 5.72. The average Bonchev–Trinajstić information content (AvgIpc) is 2.33. The number of hydrogen-bond acceptors (Lipinski definition) is 3. The topological polar surface area (TPSA) is 46.9 Å². The van der Waals surface area contributed by atoms with Gasteiger partial charge in [0.15, 0.2) is 0 Å². The molecular formula is C14H17BFN3O. The van der Waals surface area contributed by atoms with Gasteiger partial charge in [0.25, 0.3) is 5.56 Å².